The van der Waals surface area contributed by atoms with Crippen molar-refractivity contribution in [1.82, 2.24) is 14.9 Å². The van der Waals surface area contributed by atoms with Crippen LogP contribution in [0.3, 0.4) is 0 Å². The molecule has 1 fully saturated rings. The molecule has 0 radical (unpaired) electrons. The highest BCUT2D eigenvalue weighted by Gasteiger charge is 2.42. The Morgan fingerprint density at radius 3 is 2.10 bits per heavy atom. The van der Waals surface area contributed by atoms with Crippen molar-refractivity contribution < 1.29 is 4.74 Å². The molecular formula is C34H32N4OS. The lowest BCUT2D eigenvalue weighted by molar-refractivity contribution is 0.482. The number of ether oxygens (including phenoxy) is 1. The first-order valence-electron chi connectivity index (χ1n) is 13.5. The monoisotopic (exact) mass is 544 g/mol. The predicted octanol–water partition coefficient (Wildman–Crippen LogP) is 8.08. The minimum absolute atomic E-state index is 0.0888. The Bertz CT molecular complexity index is 1640. The van der Waals surface area contributed by atoms with Crippen LogP contribution in [0.2, 0.25) is 0 Å². The van der Waals surface area contributed by atoms with Gasteiger partial charge in [-0.05, 0) is 123 Å². The molecule has 40 heavy (non-hydrogen) atoms. The normalized spacial score (nSPS) is 16.7. The maximum atomic E-state index is 6.05. The van der Waals surface area contributed by atoms with Gasteiger partial charge in [0.25, 0.3) is 0 Å². The van der Waals surface area contributed by atoms with E-state index in [0.29, 0.717) is 5.11 Å². The number of hydrogen-bond donors (Lipinski definition) is 1. The van der Waals surface area contributed by atoms with Gasteiger partial charge in [-0.2, -0.15) is 0 Å². The van der Waals surface area contributed by atoms with Gasteiger partial charge in [0, 0.05) is 29.0 Å². The summed E-state index contributed by atoms with van der Waals surface area (Å²) < 4.78 is 8.40. The van der Waals surface area contributed by atoms with Gasteiger partial charge in [-0.1, -0.05) is 30.3 Å². The molecule has 3 aromatic carbocycles. The zero-order valence-corrected chi connectivity index (χ0v) is 23.9. The first-order valence-corrected chi connectivity index (χ1v) is 13.9. The summed E-state index contributed by atoms with van der Waals surface area (Å²) in [5.41, 5.74) is 9.21. The summed E-state index contributed by atoms with van der Waals surface area (Å²) in [6.45, 7) is 8.67. The van der Waals surface area contributed by atoms with Crippen molar-refractivity contribution in [2.24, 2.45) is 0 Å². The van der Waals surface area contributed by atoms with Crippen LogP contribution in [-0.2, 0) is 0 Å². The minimum atomic E-state index is -0.109. The number of aromatic nitrogens is 2. The number of pyridine rings is 1. The molecule has 1 aliphatic rings. The van der Waals surface area contributed by atoms with Crippen molar-refractivity contribution in [3.8, 4) is 17.2 Å². The summed E-state index contributed by atoms with van der Waals surface area (Å²) in [5.74, 6) is 1.58. The Morgan fingerprint density at radius 2 is 1.43 bits per heavy atom. The molecule has 0 unspecified atom stereocenters. The van der Waals surface area contributed by atoms with Crippen molar-refractivity contribution in [1.29, 1.82) is 0 Å². The molecule has 1 aliphatic heterocycles. The van der Waals surface area contributed by atoms with Gasteiger partial charge in [0.2, 0.25) is 0 Å². The van der Waals surface area contributed by atoms with Crippen LogP contribution in [0.5, 0.6) is 11.5 Å². The Balaban J connectivity index is 1.43. The van der Waals surface area contributed by atoms with Crippen molar-refractivity contribution >= 4 is 23.0 Å². The van der Waals surface area contributed by atoms with Crippen molar-refractivity contribution in [3.05, 3.63) is 137 Å². The van der Waals surface area contributed by atoms with E-state index >= 15 is 0 Å². The number of nitrogens with one attached hydrogen (secondary N) is 1. The van der Waals surface area contributed by atoms with Crippen molar-refractivity contribution in [3.63, 3.8) is 0 Å². The molecule has 1 saturated heterocycles. The van der Waals surface area contributed by atoms with Crippen LogP contribution >= 0.6 is 12.2 Å². The minimum Gasteiger partial charge on any atom is -0.457 e. The van der Waals surface area contributed by atoms with Gasteiger partial charge in [-0.25, -0.2) is 0 Å². The van der Waals surface area contributed by atoms with Crippen LogP contribution in [0, 0.1) is 27.7 Å². The molecule has 5 nitrogen and oxygen atoms in total. The summed E-state index contributed by atoms with van der Waals surface area (Å²) in [6.07, 6.45) is 1.84. The van der Waals surface area contributed by atoms with E-state index in [-0.39, 0.29) is 12.1 Å². The van der Waals surface area contributed by atoms with Crippen LogP contribution in [-0.4, -0.2) is 14.7 Å². The van der Waals surface area contributed by atoms with Gasteiger partial charge >= 0.3 is 0 Å². The highest BCUT2D eigenvalue weighted by atomic mass is 32.1. The Hall–Kier alpha value is -4.42. The second-order valence-electron chi connectivity index (χ2n) is 10.4. The lowest BCUT2D eigenvalue weighted by Crippen LogP contribution is -2.29. The van der Waals surface area contributed by atoms with E-state index in [1.807, 2.05) is 60.8 Å². The molecule has 6 heteroatoms. The van der Waals surface area contributed by atoms with E-state index < -0.39 is 0 Å². The second-order valence-corrected chi connectivity index (χ2v) is 10.8. The standard InChI is InChI=1S/C34H32N4OS/c1-22-18-23(2)20-27(19-22)37-24(3)21-30(25(37)4)33-32(31-12-8-9-17-35-31)36-34(40)38(33)26-13-15-29(16-14-26)39-28-10-6-5-7-11-28/h5-21,32-33H,1-4H3,(H,36,40)/t32-,33-/m0/s1. The molecular weight excluding hydrogens is 512 g/mol. The number of rotatable bonds is 6. The first kappa shape index (κ1) is 25.8. The molecule has 2 aromatic heterocycles. The third-order valence-corrected chi connectivity index (χ3v) is 7.76. The van der Waals surface area contributed by atoms with Crippen LogP contribution in [0.25, 0.3) is 5.69 Å². The molecule has 0 bridgehead atoms. The molecule has 5 aromatic rings. The number of benzene rings is 3. The first-order chi connectivity index (χ1) is 19.4. The molecule has 200 valence electrons. The smallest absolute Gasteiger partial charge is 0.174 e. The van der Waals surface area contributed by atoms with Gasteiger partial charge in [-0.3, -0.25) is 4.98 Å². The highest BCUT2D eigenvalue weighted by molar-refractivity contribution is 7.80. The van der Waals surface area contributed by atoms with Gasteiger partial charge in [0.15, 0.2) is 5.11 Å². The third-order valence-electron chi connectivity index (χ3n) is 7.45. The Morgan fingerprint density at radius 1 is 0.750 bits per heavy atom. The van der Waals surface area contributed by atoms with Crippen LogP contribution in [0.1, 0.15) is 45.9 Å². The van der Waals surface area contributed by atoms with Crippen LogP contribution < -0.4 is 15.0 Å². The Labute approximate surface area is 241 Å². The molecule has 3 heterocycles. The zero-order chi connectivity index (χ0) is 27.8. The van der Waals surface area contributed by atoms with E-state index in [2.05, 4.69) is 84.9 Å². The van der Waals surface area contributed by atoms with Gasteiger partial charge < -0.3 is 19.5 Å². The average molecular weight is 545 g/mol. The molecule has 0 aliphatic carbocycles. The molecule has 0 saturated carbocycles. The second kappa shape index (κ2) is 10.6. The summed E-state index contributed by atoms with van der Waals surface area (Å²) in [4.78, 5) is 6.94. The summed E-state index contributed by atoms with van der Waals surface area (Å²) in [6, 6.07) is 32.8. The van der Waals surface area contributed by atoms with E-state index in [9.17, 15) is 0 Å². The number of anilines is 1. The highest BCUT2D eigenvalue weighted by Crippen LogP contribution is 2.44. The maximum absolute atomic E-state index is 6.05. The molecule has 0 amide bonds. The largest absolute Gasteiger partial charge is 0.457 e. The molecule has 0 spiro atoms. The summed E-state index contributed by atoms with van der Waals surface area (Å²) in [5, 5.41) is 4.26. The number of hydrogen-bond acceptors (Lipinski definition) is 3. The molecule has 6 rings (SSSR count). The zero-order valence-electron chi connectivity index (χ0n) is 23.1. The third kappa shape index (κ3) is 4.87. The van der Waals surface area contributed by atoms with E-state index in [1.165, 1.54) is 33.8 Å². The van der Waals surface area contributed by atoms with Crippen molar-refractivity contribution in [2.75, 3.05) is 4.90 Å². The number of thiocarbonyl (C=S) groups is 1. The quantitative estimate of drug-likeness (QED) is 0.219. The maximum Gasteiger partial charge on any atom is 0.174 e. The molecule has 1 N–H and O–H groups in total. The molecule has 2 atom stereocenters. The SMILES string of the molecule is Cc1cc(C)cc(-n2c(C)cc([C@H]3[C@H](c4ccccn4)NC(=S)N3c3ccc(Oc4ccccc4)cc3)c2C)c1. The van der Waals surface area contributed by atoms with Gasteiger partial charge in [0.1, 0.15) is 11.5 Å². The number of nitrogens with zero attached hydrogens (tertiary/aromatic N) is 3. The lowest BCUT2D eigenvalue weighted by Gasteiger charge is -2.28. The van der Waals surface area contributed by atoms with E-state index in [1.54, 1.807) is 0 Å². The Kier molecular flexibility index (Phi) is 6.86. The van der Waals surface area contributed by atoms with Gasteiger partial charge in [0.05, 0.1) is 17.8 Å². The topological polar surface area (TPSA) is 42.3 Å². The fraction of sp³-hybridized carbons (Fsp3) is 0.176. The number of aryl methyl sites for hydroxylation is 3. The van der Waals surface area contributed by atoms with Crippen LogP contribution in [0.15, 0.2) is 103 Å². The fourth-order valence-corrected chi connectivity index (χ4v) is 6.16. The van der Waals surface area contributed by atoms with Crippen LogP contribution in [0.4, 0.5) is 5.69 Å². The summed E-state index contributed by atoms with van der Waals surface area (Å²) in [7, 11) is 0. The number of para-hydroxylation sites is 1. The fourth-order valence-electron chi connectivity index (χ4n) is 5.81. The average Bonchev–Trinajstić information content (AvgIpc) is 3.44. The summed E-state index contributed by atoms with van der Waals surface area (Å²) >= 11 is 5.97. The lowest BCUT2D eigenvalue weighted by atomic mass is 9.96. The van der Waals surface area contributed by atoms with Crippen molar-refractivity contribution in [2.45, 2.75) is 39.8 Å². The van der Waals surface area contributed by atoms with E-state index in [4.69, 9.17) is 21.9 Å². The predicted molar refractivity (Wildman–Crippen MR) is 166 cm³/mol. The van der Waals surface area contributed by atoms with Gasteiger partial charge in [-0.15, -0.1) is 0 Å². The van der Waals surface area contributed by atoms with E-state index in [0.717, 1.165) is 22.9 Å².